The fraction of sp³-hybridized carbons (Fsp3) is 0.308. The van der Waals surface area contributed by atoms with Gasteiger partial charge < -0.3 is 10.4 Å². The third-order valence-corrected chi connectivity index (χ3v) is 2.89. The van der Waals surface area contributed by atoms with Crippen LogP contribution in [0.2, 0.25) is 0 Å². The maximum absolute atomic E-state index is 13.2. The normalized spacial score (nSPS) is 19.9. The maximum atomic E-state index is 13.2. The van der Waals surface area contributed by atoms with Crippen molar-refractivity contribution in [1.29, 1.82) is 0 Å². The number of nitrogens with one attached hydrogen (secondary N) is 1. The molecule has 1 fully saturated rings. The molecule has 2 N–H and O–H groups in total. The molecule has 0 unspecified atom stereocenters. The minimum Gasteiger partial charge on any atom is -0.478 e. The smallest absolute Gasteiger partial charge is 0.328 e. The molecule has 4 heteroatoms. The van der Waals surface area contributed by atoms with Crippen molar-refractivity contribution in [3.63, 3.8) is 0 Å². The van der Waals surface area contributed by atoms with Gasteiger partial charge >= 0.3 is 5.97 Å². The van der Waals surface area contributed by atoms with E-state index >= 15 is 0 Å². The molecule has 0 aromatic heterocycles. The van der Waals surface area contributed by atoms with Crippen LogP contribution in [0.25, 0.3) is 6.08 Å². The standard InChI is InChI=1S/C13H14FNO2/c14-10-5-3-9(4-6-13(16)17)11(8-10)12-2-1-7-15-12/h3-6,8,12,15H,1-2,7H2,(H,16,17)/b6-4+/t12-/m0/s1. The predicted molar refractivity (Wildman–Crippen MR) is 63.0 cm³/mol. The largest absolute Gasteiger partial charge is 0.478 e. The summed E-state index contributed by atoms with van der Waals surface area (Å²) in [7, 11) is 0. The van der Waals surface area contributed by atoms with Crippen molar-refractivity contribution in [2.24, 2.45) is 0 Å². The van der Waals surface area contributed by atoms with Crippen LogP contribution in [0.3, 0.4) is 0 Å². The van der Waals surface area contributed by atoms with E-state index in [2.05, 4.69) is 5.32 Å². The molecule has 1 aliphatic rings. The molecular weight excluding hydrogens is 221 g/mol. The number of halogens is 1. The Hall–Kier alpha value is -1.68. The monoisotopic (exact) mass is 235 g/mol. The highest BCUT2D eigenvalue weighted by Crippen LogP contribution is 2.27. The zero-order valence-electron chi connectivity index (χ0n) is 9.32. The Morgan fingerprint density at radius 1 is 1.53 bits per heavy atom. The van der Waals surface area contributed by atoms with Crippen molar-refractivity contribution in [3.8, 4) is 0 Å². The van der Waals surface area contributed by atoms with Crippen LogP contribution in [0.1, 0.15) is 30.0 Å². The molecule has 1 aromatic rings. The zero-order chi connectivity index (χ0) is 12.3. The molecule has 0 saturated carbocycles. The molecule has 1 heterocycles. The van der Waals surface area contributed by atoms with Crippen molar-refractivity contribution in [3.05, 3.63) is 41.2 Å². The van der Waals surface area contributed by atoms with Gasteiger partial charge in [-0.25, -0.2) is 9.18 Å². The van der Waals surface area contributed by atoms with Crippen molar-refractivity contribution in [2.45, 2.75) is 18.9 Å². The lowest BCUT2D eigenvalue weighted by molar-refractivity contribution is -0.131. The van der Waals surface area contributed by atoms with Crippen LogP contribution >= 0.6 is 0 Å². The molecule has 0 bridgehead atoms. The van der Waals surface area contributed by atoms with E-state index in [4.69, 9.17) is 5.11 Å². The van der Waals surface area contributed by atoms with Crippen LogP contribution in [0.15, 0.2) is 24.3 Å². The highest BCUT2D eigenvalue weighted by Gasteiger charge is 2.18. The Labute approximate surface area is 99.0 Å². The van der Waals surface area contributed by atoms with Crippen molar-refractivity contribution >= 4 is 12.0 Å². The van der Waals surface area contributed by atoms with E-state index in [1.54, 1.807) is 6.07 Å². The summed E-state index contributed by atoms with van der Waals surface area (Å²) in [6, 6.07) is 4.56. The van der Waals surface area contributed by atoms with Crippen LogP contribution in [0.4, 0.5) is 4.39 Å². The van der Waals surface area contributed by atoms with Crippen LogP contribution in [0, 0.1) is 5.82 Å². The van der Waals surface area contributed by atoms with Gasteiger partial charge in [0.05, 0.1) is 0 Å². The summed E-state index contributed by atoms with van der Waals surface area (Å²) >= 11 is 0. The molecule has 2 rings (SSSR count). The van der Waals surface area contributed by atoms with Crippen LogP contribution in [0.5, 0.6) is 0 Å². The summed E-state index contributed by atoms with van der Waals surface area (Å²) in [6.07, 6.45) is 4.60. The Morgan fingerprint density at radius 3 is 3.00 bits per heavy atom. The molecule has 1 aliphatic heterocycles. The van der Waals surface area contributed by atoms with Gasteiger partial charge in [-0.2, -0.15) is 0 Å². The number of aliphatic carboxylic acids is 1. The summed E-state index contributed by atoms with van der Waals surface area (Å²) in [5, 5.41) is 11.9. The second kappa shape index (κ2) is 5.10. The number of carboxylic acid groups (broad SMARTS) is 1. The van der Waals surface area contributed by atoms with E-state index < -0.39 is 5.97 Å². The number of carboxylic acids is 1. The third-order valence-electron chi connectivity index (χ3n) is 2.89. The Kier molecular flexibility index (Phi) is 3.54. The Morgan fingerprint density at radius 2 is 2.35 bits per heavy atom. The first-order valence-electron chi connectivity index (χ1n) is 5.60. The highest BCUT2D eigenvalue weighted by molar-refractivity contribution is 5.85. The van der Waals surface area contributed by atoms with E-state index in [9.17, 15) is 9.18 Å². The second-order valence-electron chi connectivity index (χ2n) is 4.09. The minimum absolute atomic E-state index is 0.124. The number of carbonyl (C=O) groups is 1. The lowest BCUT2D eigenvalue weighted by Crippen LogP contribution is -2.14. The van der Waals surface area contributed by atoms with E-state index in [1.165, 1.54) is 18.2 Å². The van der Waals surface area contributed by atoms with Gasteiger partial charge in [0, 0.05) is 12.1 Å². The molecule has 0 spiro atoms. The first-order valence-corrected chi connectivity index (χ1v) is 5.60. The van der Waals surface area contributed by atoms with Gasteiger partial charge in [0.1, 0.15) is 5.82 Å². The van der Waals surface area contributed by atoms with E-state index in [0.29, 0.717) is 0 Å². The SMILES string of the molecule is O=C(O)/C=C/c1ccc(F)cc1[C@@H]1CCCN1. The number of rotatable bonds is 3. The van der Waals surface area contributed by atoms with Crippen LogP contribution in [-0.2, 0) is 4.79 Å². The average molecular weight is 235 g/mol. The Balaban J connectivity index is 2.33. The van der Waals surface area contributed by atoms with Gasteiger partial charge in [-0.1, -0.05) is 6.07 Å². The van der Waals surface area contributed by atoms with Crippen molar-refractivity contribution in [1.82, 2.24) is 5.32 Å². The molecule has 90 valence electrons. The number of benzene rings is 1. The second-order valence-corrected chi connectivity index (χ2v) is 4.09. The molecule has 0 amide bonds. The fourth-order valence-corrected chi connectivity index (χ4v) is 2.11. The summed E-state index contributed by atoms with van der Waals surface area (Å²) in [4.78, 5) is 10.5. The topological polar surface area (TPSA) is 49.3 Å². The quantitative estimate of drug-likeness (QED) is 0.791. The van der Waals surface area contributed by atoms with E-state index in [0.717, 1.165) is 36.6 Å². The Bertz CT molecular complexity index is 451. The summed E-state index contributed by atoms with van der Waals surface area (Å²) in [6.45, 7) is 0.920. The van der Waals surface area contributed by atoms with Gasteiger partial charge in [0.2, 0.25) is 0 Å². The molecule has 1 aromatic carbocycles. The summed E-state index contributed by atoms with van der Waals surface area (Å²) < 4.78 is 13.2. The fourth-order valence-electron chi connectivity index (χ4n) is 2.11. The molecule has 0 aliphatic carbocycles. The van der Waals surface area contributed by atoms with E-state index in [1.807, 2.05) is 0 Å². The molecule has 3 nitrogen and oxygen atoms in total. The van der Waals surface area contributed by atoms with Gasteiger partial charge in [-0.15, -0.1) is 0 Å². The van der Waals surface area contributed by atoms with E-state index in [-0.39, 0.29) is 11.9 Å². The highest BCUT2D eigenvalue weighted by atomic mass is 19.1. The number of hydrogen-bond donors (Lipinski definition) is 2. The average Bonchev–Trinajstić information content (AvgIpc) is 2.80. The third kappa shape index (κ3) is 2.91. The van der Waals surface area contributed by atoms with Crippen LogP contribution < -0.4 is 5.32 Å². The first kappa shape index (κ1) is 11.8. The lowest BCUT2D eigenvalue weighted by atomic mass is 9.98. The molecule has 1 atom stereocenters. The lowest BCUT2D eigenvalue weighted by Gasteiger charge is -2.14. The summed E-state index contributed by atoms with van der Waals surface area (Å²) in [5.41, 5.74) is 1.59. The van der Waals surface area contributed by atoms with Crippen molar-refractivity contribution < 1.29 is 14.3 Å². The molecule has 1 saturated heterocycles. The van der Waals surface area contributed by atoms with Crippen LogP contribution in [-0.4, -0.2) is 17.6 Å². The van der Waals surface area contributed by atoms with Gasteiger partial charge in [0.15, 0.2) is 0 Å². The molecule has 17 heavy (non-hydrogen) atoms. The molecule has 0 radical (unpaired) electrons. The minimum atomic E-state index is -1.00. The zero-order valence-corrected chi connectivity index (χ0v) is 9.32. The maximum Gasteiger partial charge on any atom is 0.328 e. The number of hydrogen-bond acceptors (Lipinski definition) is 2. The van der Waals surface area contributed by atoms with Gasteiger partial charge in [-0.3, -0.25) is 0 Å². The first-order chi connectivity index (χ1) is 8.16. The van der Waals surface area contributed by atoms with Gasteiger partial charge in [-0.05, 0) is 48.7 Å². The predicted octanol–water partition coefficient (Wildman–Crippen LogP) is 2.35. The van der Waals surface area contributed by atoms with Gasteiger partial charge in [0.25, 0.3) is 0 Å². The summed E-state index contributed by atoms with van der Waals surface area (Å²) in [5.74, 6) is -1.29. The molecular formula is C13H14FNO2. The van der Waals surface area contributed by atoms with Crippen molar-refractivity contribution in [2.75, 3.05) is 6.54 Å².